The van der Waals surface area contributed by atoms with Gasteiger partial charge in [-0.15, -0.1) is 0 Å². The molecule has 0 aliphatic heterocycles. The van der Waals surface area contributed by atoms with Crippen molar-refractivity contribution in [3.8, 4) is 6.07 Å². The van der Waals surface area contributed by atoms with Gasteiger partial charge in [0.15, 0.2) is 0 Å². The lowest BCUT2D eigenvalue weighted by atomic mass is 9.88. The van der Waals surface area contributed by atoms with Crippen LogP contribution in [0.2, 0.25) is 0 Å². The summed E-state index contributed by atoms with van der Waals surface area (Å²) < 4.78 is 5.73. The van der Waals surface area contributed by atoms with Crippen LogP contribution in [0.5, 0.6) is 0 Å². The Morgan fingerprint density at radius 2 is 2.15 bits per heavy atom. The van der Waals surface area contributed by atoms with Gasteiger partial charge >= 0.3 is 0 Å². The van der Waals surface area contributed by atoms with Crippen molar-refractivity contribution in [2.75, 3.05) is 6.61 Å². The fraction of sp³-hybridized carbons (Fsp3) is 0.909. The molecule has 0 amide bonds. The number of ether oxygens (including phenoxy) is 1. The third kappa shape index (κ3) is 3.36. The van der Waals surface area contributed by atoms with Gasteiger partial charge in [-0.2, -0.15) is 5.26 Å². The average molecular weight is 181 g/mol. The molecule has 1 saturated carbocycles. The predicted octanol–water partition coefficient (Wildman–Crippen LogP) is 2.74. The highest BCUT2D eigenvalue weighted by molar-refractivity contribution is 4.79. The summed E-state index contributed by atoms with van der Waals surface area (Å²) in [6.45, 7) is 4.76. The van der Waals surface area contributed by atoms with Crippen molar-refractivity contribution in [1.82, 2.24) is 0 Å². The molecule has 2 nitrogen and oxygen atoms in total. The molecule has 1 rings (SSSR count). The Hall–Kier alpha value is -0.550. The van der Waals surface area contributed by atoms with Gasteiger partial charge < -0.3 is 4.74 Å². The van der Waals surface area contributed by atoms with Crippen molar-refractivity contribution in [3.63, 3.8) is 0 Å². The molecule has 2 heteroatoms. The van der Waals surface area contributed by atoms with Gasteiger partial charge in [-0.05, 0) is 25.7 Å². The summed E-state index contributed by atoms with van der Waals surface area (Å²) in [6.07, 6.45) is 5.50. The molecule has 0 spiro atoms. The van der Waals surface area contributed by atoms with Crippen LogP contribution in [-0.2, 0) is 4.74 Å². The van der Waals surface area contributed by atoms with Crippen molar-refractivity contribution in [2.24, 2.45) is 11.8 Å². The lowest BCUT2D eigenvalue weighted by molar-refractivity contribution is -0.0128. The normalized spacial score (nSPS) is 30.8. The minimum absolute atomic E-state index is 0.0362. The largest absolute Gasteiger partial charge is 0.377 e. The molecule has 3 unspecified atom stereocenters. The Balaban J connectivity index is 2.23. The molecule has 74 valence electrons. The maximum atomic E-state index is 8.60. The third-order valence-corrected chi connectivity index (χ3v) is 2.81. The molecule has 0 aromatic rings. The van der Waals surface area contributed by atoms with E-state index in [1.54, 1.807) is 0 Å². The van der Waals surface area contributed by atoms with E-state index in [2.05, 4.69) is 13.0 Å². The number of nitrogens with zero attached hydrogens (tertiary/aromatic N) is 1. The van der Waals surface area contributed by atoms with Crippen molar-refractivity contribution in [2.45, 2.75) is 45.6 Å². The molecule has 0 aromatic carbocycles. The maximum absolute atomic E-state index is 8.60. The molecular formula is C11H19NO. The van der Waals surface area contributed by atoms with E-state index >= 15 is 0 Å². The molecule has 1 aliphatic carbocycles. The van der Waals surface area contributed by atoms with Gasteiger partial charge in [0.25, 0.3) is 0 Å². The molecular weight excluding hydrogens is 162 g/mol. The smallest absolute Gasteiger partial charge is 0.0677 e. The van der Waals surface area contributed by atoms with Crippen LogP contribution in [0.15, 0.2) is 0 Å². The lowest BCUT2D eigenvalue weighted by Gasteiger charge is -2.29. The van der Waals surface area contributed by atoms with Crippen LogP contribution in [0.1, 0.15) is 39.5 Å². The molecule has 0 heterocycles. The first-order valence-corrected chi connectivity index (χ1v) is 5.25. The number of rotatable bonds is 3. The Kier molecular flexibility index (Phi) is 4.24. The van der Waals surface area contributed by atoms with Crippen molar-refractivity contribution in [3.05, 3.63) is 0 Å². The van der Waals surface area contributed by atoms with Crippen LogP contribution in [0.25, 0.3) is 0 Å². The van der Waals surface area contributed by atoms with E-state index in [0.29, 0.717) is 18.6 Å². The quantitative estimate of drug-likeness (QED) is 0.670. The molecule has 1 aliphatic rings. The van der Waals surface area contributed by atoms with E-state index in [1.165, 1.54) is 25.7 Å². The zero-order valence-electron chi connectivity index (χ0n) is 8.62. The van der Waals surface area contributed by atoms with Gasteiger partial charge in [-0.25, -0.2) is 0 Å². The number of hydrogen-bond acceptors (Lipinski definition) is 2. The molecule has 13 heavy (non-hydrogen) atoms. The summed E-state index contributed by atoms with van der Waals surface area (Å²) in [5.41, 5.74) is 0. The number of hydrogen-bond donors (Lipinski definition) is 0. The second kappa shape index (κ2) is 5.24. The van der Waals surface area contributed by atoms with Crippen LogP contribution in [0.3, 0.4) is 0 Å². The van der Waals surface area contributed by atoms with Crippen LogP contribution in [0, 0.1) is 23.2 Å². The fourth-order valence-electron chi connectivity index (χ4n) is 1.84. The number of nitriles is 1. The van der Waals surface area contributed by atoms with E-state index < -0.39 is 0 Å². The Labute approximate surface area is 80.9 Å². The first-order valence-electron chi connectivity index (χ1n) is 5.25. The van der Waals surface area contributed by atoms with Crippen molar-refractivity contribution in [1.29, 1.82) is 5.26 Å². The summed E-state index contributed by atoms with van der Waals surface area (Å²) in [6, 6.07) is 2.19. The van der Waals surface area contributed by atoms with E-state index in [4.69, 9.17) is 10.00 Å². The molecule has 3 atom stereocenters. The predicted molar refractivity (Wildman–Crippen MR) is 52.1 cm³/mol. The maximum Gasteiger partial charge on any atom is 0.0677 e. The average Bonchev–Trinajstić information content (AvgIpc) is 2.16. The summed E-state index contributed by atoms with van der Waals surface area (Å²) in [7, 11) is 0. The van der Waals surface area contributed by atoms with Crippen molar-refractivity contribution < 1.29 is 4.74 Å². The Morgan fingerprint density at radius 3 is 2.77 bits per heavy atom. The molecule has 0 aromatic heterocycles. The standard InChI is InChI=1S/C11H19NO/c1-9(7-12)8-13-11-6-4-3-5-10(11)2/h9-11H,3-6,8H2,1-2H3. The van der Waals surface area contributed by atoms with Gasteiger partial charge in [-0.1, -0.05) is 19.8 Å². The monoisotopic (exact) mass is 181 g/mol. The van der Waals surface area contributed by atoms with Gasteiger partial charge in [0, 0.05) is 0 Å². The van der Waals surface area contributed by atoms with Gasteiger partial charge in [-0.3, -0.25) is 0 Å². The van der Waals surface area contributed by atoms with E-state index in [0.717, 1.165) is 0 Å². The van der Waals surface area contributed by atoms with Crippen molar-refractivity contribution >= 4 is 0 Å². The molecule has 0 N–H and O–H groups in total. The van der Waals surface area contributed by atoms with E-state index in [-0.39, 0.29) is 5.92 Å². The summed E-state index contributed by atoms with van der Waals surface area (Å²) in [4.78, 5) is 0. The molecule has 0 saturated heterocycles. The van der Waals surface area contributed by atoms with Crippen LogP contribution < -0.4 is 0 Å². The summed E-state index contributed by atoms with van der Waals surface area (Å²) in [5, 5.41) is 8.60. The zero-order valence-corrected chi connectivity index (χ0v) is 8.62. The van der Waals surface area contributed by atoms with Gasteiger partial charge in [0.1, 0.15) is 0 Å². The SMILES string of the molecule is CC(C#N)COC1CCCCC1C. The molecule has 0 bridgehead atoms. The minimum Gasteiger partial charge on any atom is -0.377 e. The van der Waals surface area contributed by atoms with Gasteiger partial charge in [0.05, 0.1) is 24.7 Å². The zero-order chi connectivity index (χ0) is 9.68. The first kappa shape index (κ1) is 10.5. The second-order valence-electron chi connectivity index (χ2n) is 4.16. The van der Waals surface area contributed by atoms with E-state index in [9.17, 15) is 0 Å². The second-order valence-corrected chi connectivity index (χ2v) is 4.16. The van der Waals surface area contributed by atoms with Crippen LogP contribution >= 0.6 is 0 Å². The first-order chi connectivity index (χ1) is 6.24. The van der Waals surface area contributed by atoms with Crippen LogP contribution in [-0.4, -0.2) is 12.7 Å². The summed E-state index contributed by atoms with van der Waals surface area (Å²) >= 11 is 0. The van der Waals surface area contributed by atoms with Gasteiger partial charge in [0.2, 0.25) is 0 Å². The fourth-order valence-corrected chi connectivity index (χ4v) is 1.84. The highest BCUT2D eigenvalue weighted by Gasteiger charge is 2.22. The molecule has 1 fully saturated rings. The lowest BCUT2D eigenvalue weighted by Crippen LogP contribution is -2.27. The highest BCUT2D eigenvalue weighted by atomic mass is 16.5. The summed E-state index contributed by atoms with van der Waals surface area (Å²) in [5.74, 6) is 0.716. The van der Waals surface area contributed by atoms with Crippen LogP contribution in [0.4, 0.5) is 0 Å². The minimum atomic E-state index is 0.0362. The third-order valence-electron chi connectivity index (χ3n) is 2.81. The highest BCUT2D eigenvalue weighted by Crippen LogP contribution is 2.26. The van der Waals surface area contributed by atoms with E-state index in [1.807, 2.05) is 6.92 Å². The molecule has 0 radical (unpaired) electrons. The Morgan fingerprint density at radius 1 is 1.46 bits per heavy atom. The Bertz CT molecular complexity index is 185. The topological polar surface area (TPSA) is 33.0 Å².